The molecule has 2 aromatic rings. The fourth-order valence-electron chi connectivity index (χ4n) is 2.79. The number of benzene rings is 2. The molecule has 118 valence electrons. The normalized spacial score (nSPS) is 17.3. The van der Waals surface area contributed by atoms with Crippen molar-refractivity contribution >= 4 is 27.7 Å². The van der Waals surface area contributed by atoms with E-state index in [0.717, 1.165) is 34.3 Å². The van der Waals surface area contributed by atoms with Crippen molar-refractivity contribution in [2.24, 2.45) is 0 Å². The number of halogens is 1. The number of ether oxygens (including phenoxy) is 2. The first-order valence-electron chi connectivity index (χ1n) is 7.62. The molecule has 0 N–H and O–H groups in total. The van der Waals surface area contributed by atoms with Gasteiger partial charge in [-0.25, -0.2) is 4.79 Å². The van der Waals surface area contributed by atoms with Crippen LogP contribution in [0, 0.1) is 0 Å². The molecule has 2 aliphatic rings. The Hall–Kier alpha value is -2.01. The predicted octanol–water partition coefficient (Wildman–Crippen LogP) is 4.52. The Balaban J connectivity index is 1.55. The van der Waals surface area contributed by atoms with Crippen molar-refractivity contribution in [1.29, 1.82) is 0 Å². The third-order valence-corrected chi connectivity index (χ3v) is 4.71. The van der Waals surface area contributed by atoms with Crippen molar-refractivity contribution in [3.05, 3.63) is 58.6 Å². The summed E-state index contributed by atoms with van der Waals surface area (Å²) >= 11 is 3.45. The van der Waals surface area contributed by atoms with Crippen molar-refractivity contribution < 1.29 is 14.3 Å². The molecule has 1 aliphatic heterocycles. The van der Waals surface area contributed by atoms with Crippen LogP contribution in [0.5, 0.6) is 5.75 Å². The van der Waals surface area contributed by atoms with Crippen LogP contribution in [0.25, 0.3) is 0 Å². The van der Waals surface area contributed by atoms with Crippen LogP contribution in [0.4, 0.5) is 10.5 Å². The van der Waals surface area contributed by atoms with Crippen molar-refractivity contribution in [3.63, 3.8) is 0 Å². The summed E-state index contributed by atoms with van der Waals surface area (Å²) in [5.74, 6) is 0.736. The molecular formula is C18H16BrNO3. The molecule has 0 unspecified atom stereocenters. The molecule has 2 aromatic carbocycles. The molecule has 4 rings (SSSR count). The number of carbonyl (C=O) groups excluding carboxylic acids is 1. The molecule has 0 bridgehead atoms. The van der Waals surface area contributed by atoms with Gasteiger partial charge in [0.15, 0.2) is 0 Å². The quantitative estimate of drug-likeness (QED) is 0.776. The van der Waals surface area contributed by atoms with Crippen LogP contribution in [0.2, 0.25) is 0 Å². The summed E-state index contributed by atoms with van der Waals surface area (Å²) in [4.78, 5) is 14.3. The standard InChI is InChI=1S/C18H16BrNO3/c19-14-6-7-15-16(10-14)23-18(8-9-18)12-20(15)17(21)22-11-13-4-2-1-3-5-13/h1-7,10H,8-9,11-12H2. The van der Waals surface area contributed by atoms with Crippen LogP contribution < -0.4 is 9.64 Å². The fourth-order valence-corrected chi connectivity index (χ4v) is 3.13. The molecule has 1 aliphatic carbocycles. The summed E-state index contributed by atoms with van der Waals surface area (Å²) in [6.07, 6.45) is 1.62. The van der Waals surface area contributed by atoms with E-state index in [9.17, 15) is 4.79 Å². The molecule has 23 heavy (non-hydrogen) atoms. The second-order valence-corrected chi connectivity index (χ2v) is 6.94. The van der Waals surface area contributed by atoms with Gasteiger partial charge in [0.05, 0.1) is 12.2 Å². The third-order valence-electron chi connectivity index (χ3n) is 4.22. The van der Waals surface area contributed by atoms with Crippen LogP contribution in [-0.4, -0.2) is 18.2 Å². The summed E-state index contributed by atoms with van der Waals surface area (Å²) in [5, 5.41) is 0. The first-order valence-corrected chi connectivity index (χ1v) is 8.41. The van der Waals surface area contributed by atoms with Crippen molar-refractivity contribution in [3.8, 4) is 5.75 Å². The Kier molecular flexibility index (Phi) is 3.53. The molecule has 0 radical (unpaired) electrons. The number of hydrogen-bond acceptors (Lipinski definition) is 3. The average molecular weight is 374 g/mol. The monoisotopic (exact) mass is 373 g/mol. The van der Waals surface area contributed by atoms with Gasteiger partial charge in [-0.05, 0) is 36.6 Å². The molecule has 1 heterocycles. The lowest BCUT2D eigenvalue weighted by molar-refractivity contribution is 0.130. The van der Waals surface area contributed by atoms with E-state index in [1.54, 1.807) is 4.90 Å². The summed E-state index contributed by atoms with van der Waals surface area (Å²) in [5.41, 5.74) is 1.52. The van der Waals surface area contributed by atoms with Gasteiger partial charge in [0.2, 0.25) is 0 Å². The van der Waals surface area contributed by atoms with Gasteiger partial charge in [-0.2, -0.15) is 0 Å². The van der Waals surface area contributed by atoms with Gasteiger partial charge in [-0.15, -0.1) is 0 Å². The van der Waals surface area contributed by atoms with Gasteiger partial charge < -0.3 is 9.47 Å². The van der Waals surface area contributed by atoms with E-state index in [1.165, 1.54) is 0 Å². The lowest BCUT2D eigenvalue weighted by atomic mass is 10.2. The number of carbonyl (C=O) groups is 1. The zero-order chi connectivity index (χ0) is 15.9. The van der Waals surface area contributed by atoms with Gasteiger partial charge in [-0.1, -0.05) is 46.3 Å². The van der Waals surface area contributed by atoms with Gasteiger partial charge in [0.25, 0.3) is 0 Å². The van der Waals surface area contributed by atoms with Crippen molar-refractivity contribution in [2.45, 2.75) is 25.0 Å². The zero-order valence-electron chi connectivity index (χ0n) is 12.5. The highest BCUT2D eigenvalue weighted by Crippen LogP contribution is 2.49. The first kappa shape index (κ1) is 14.6. The summed E-state index contributed by atoms with van der Waals surface area (Å²) in [7, 11) is 0. The number of fused-ring (bicyclic) bond motifs is 1. The fraction of sp³-hybridized carbons (Fsp3) is 0.278. The van der Waals surface area contributed by atoms with Gasteiger partial charge in [-0.3, -0.25) is 4.90 Å². The number of hydrogen-bond donors (Lipinski definition) is 0. The Morgan fingerprint density at radius 3 is 2.74 bits per heavy atom. The van der Waals surface area contributed by atoms with Gasteiger partial charge in [0, 0.05) is 4.47 Å². The van der Waals surface area contributed by atoms with E-state index in [4.69, 9.17) is 9.47 Å². The Morgan fingerprint density at radius 1 is 1.22 bits per heavy atom. The molecule has 1 fully saturated rings. The van der Waals surface area contributed by atoms with Crippen LogP contribution >= 0.6 is 15.9 Å². The van der Waals surface area contributed by atoms with Gasteiger partial charge in [0.1, 0.15) is 18.0 Å². The average Bonchev–Trinajstić information content (AvgIpc) is 3.31. The number of anilines is 1. The summed E-state index contributed by atoms with van der Waals surface area (Å²) in [6, 6.07) is 15.4. The van der Waals surface area contributed by atoms with E-state index in [-0.39, 0.29) is 18.3 Å². The third kappa shape index (κ3) is 2.93. The van der Waals surface area contributed by atoms with Crippen LogP contribution in [-0.2, 0) is 11.3 Å². The van der Waals surface area contributed by atoms with Crippen LogP contribution in [0.1, 0.15) is 18.4 Å². The maximum Gasteiger partial charge on any atom is 0.414 e. The second-order valence-electron chi connectivity index (χ2n) is 6.02. The summed E-state index contributed by atoms with van der Waals surface area (Å²) in [6.45, 7) is 0.825. The number of rotatable bonds is 2. The minimum Gasteiger partial charge on any atom is -0.483 e. The maximum atomic E-state index is 12.6. The largest absolute Gasteiger partial charge is 0.483 e. The molecule has 0 aromatic heterocycles. The molecule has 5 heteroatoms. The molecular weight excluding hydrogens is 358 g/mol. The molecule has 4 nitrogen and oxygen atoms in total. The topological polar surface area (TPSA) is 38.8 Å². The summed E-state index contributed by atoms with van der Waals surface area (Å²) < 4.78 is 12.5. The van der Waals surface area contributed by atoms with Crippen LogP contribution in [0.15, 0.2) is 53.0 Å². The van der Waals surface area contributed by atoms with E-state index >= 15 is 0 Å². The Morgan fingerprint density at radius 2 is 2.00 bits per heavy atom. The molecule has 1 saturated carbocycles. The minimum atomic E-state index is -0.327. The number of nitrogens with zero attached hydrogens (tertiary/aromatic N) is 1. The highest BCUT2D eigenvalue weighted by Gasteiger charge is 2.51. The Labute approximate surface area is 143 Å². The smallest absolute Gasteiger partial charge is 0.414 e. The highest BCUT2D eigenvalue weighted by atomic mass is 79.9. The maximum absolute atomic E-state index is 12.6. The lowest BCUT2D eigenvalue weighted by Gasteiger charge is -2.34. The van der Waals surface area contributed by atoms with E-state index < -0.39 is 0 Å². The van der Waals surface area contributed by atoms with Gasteiger partial charge >= 0.3 is 6.09 Å². The van der Waals surface area contributed by atoms with Crippen LogP contribution in [0.3, 0.4) is 0 Å². The van der Waals surface area contributed by atoms with E-state index in [0.29, 0.717) is 6.54 Å². The van der Waals surface area contributed by atoms with Crippen molar-refractivity contribution in [1.82, 2.24) is 0 Å². The van der Waals surface area contributed by atoms with Crippen molar-refractivity contribution in [2.75, 3.05) is 11.4 Å². The Bertz CT molecular complexity index is 743. The minimum absolute atomic E-state index is 0.223. The first-order chi connectivity index (χ1) is 11.2. The lowest BCUT2D eigenvalue weighted by Crippen LogP contribution is -2.45. The SMILES string of the molecule is O=C(OCc1ccccc1)N1CC2(CC2)Oc2cc(Br)ccc21. The molecule has 1 amide bonds. The second kappa shape index (κ2) is 5.57. The van der Waals surface area contributed by atoms with E-state index in [2.05, 4.69) is 15.9 Å². The molecule has 1 spiro atoms. The molecule has 0 atom stereocenters. The number of amides is 1. The van der Waals surface area contributed by atoms with E-state index in [1.807, 2.05) is 48.5 Å². The molecule has 0 saturated heterocycles. The zero-order valence-corrected chi connectivity index (χ0v) is 14.1. The predicted molar refractivity (Wildman–Crippen MR) is 90.7 cm³/mol. The highest BCUT2D eigenvalue weighted by molar-refractivity contribution is 9.10.